The third-order valence-electron chi connectivity index (χ3n) is 10.5. The van der Waals surface area contributed by atoms with Gasteiger partial charge in [-0.2, -0.15) is 5.10 Å². The van der Waals surface area contributed by atoms with E-state index in [0.29, 0.717) is 66.2 Å². The molecule has 22 nitrogen and oxygen atoms in total. The number of aromatic nitrogens is 4. The van der Waals surface area contributed by atoms with Crippen molar-refractivity contribution in [2.45, 2.75) is 58.0 Å². The maximum Gasteiger partial charge on any atom is 0.328 e. The SMILES string of the molecule is COc1cc(-c2nn(C3CCC(N4CCN(C)CC4)CC3)c3ncnc(N)c23)ccc1NC(=O)C(C)(C)Cc1ccccc1.O=C(O)/C=C\C(=O)O.O=C(O)/C=C\C(=O)O.O=C(O)/C=C\C(=O)O. The lowest BCUT2D eigenvalue weighted by molar-refractivity contribution is -0.134. The Morgan fingerprint density at radius 3 is 1.68 bits per heavy atom. The highest BCUT2D eigenvalue weighted by atomic mass is 16.5. The van der Waals surface area contributed by atoms with E-state index in [9.17, 15) is 33.6 Å². The zero-order chi connectivity index (χ0) is 50.6. The molecule has 9 N–H and O–H groups in total. The summed E-state index contributed by atoms with van der Waals surface area (Å²) in [5.41, 5.74) is 9.86. The quantitative estimate of drug-likeness (QED) is 0.0823. The van der Waals surface area contributed by atoms with Gasteiger partial charge in [-0.15, -0.1) is 0 Å². The number of hydrogen-bond acceptors (Lipinski definition) is 14. The Balaban J connectivity index is 0.000000419. The van der Waals surface area contributed by atoms with Crippen molar-refractivity contribution in [1.29, 1.82) is 0 Å². The van der Waals surface area contributed by atoms with Gasteiger partial charge in [-0.25, -0.2) is 43.4 Å². The number of carboxylic acid groups (broad SMARTS) is 6. The Hall–Kier alpha value is -7.98. The Bertz CT molecular complexity index is 2360. The highest BCUT2D eigenvalue weighted by Gasteiger charge is 2.32. The van der Waals surface area contributed by atoms with Crippen LogP contribution in [-0.4, -0.2) is 148 Å². The Labute approximate surface area is 390 Å². The number of benzene rings is 2. The summed E-state index contributed by atoms with van der Waals surface area (Å²) in [5.74, 6) is -6.66. The molecule has 364 valence electrons. The molecule has 22 heteroatoms. The van der Waals surface area contributed by atoms with E-state index in [1.165, 1.54) is 6.33 Å². The number of ether oxygens (including phenoxy) is 1. The number of nitrogens with one attached hydrogen (secondary N) is 1. The standard InChI is InChI=1S/C34H44N8O2.3C4H4O4/c1-34(2,21-23-8-6-5-7-9-23)33(43)38-27-15-10-24(20-28(27)44-4)30-29-31(35)36-22-37-32(29)42(39-30)26-13-11-25(12-14-26)41-18-16-40(3)17-19-41;3*5-3(6)1-2-4(7)8/h5-10,15,20,22,25-26H,11-14,16-19,21H2,1-4H3,(H,38,43)(H2,35,36,37);3*1-2H,(H,5,6)(H,7,8)/b;3*2-1-. The van der Waals surface area contributed by atoms with E-state index in [0.717, 1.165) is 79.7 Å². The van der Waals surface area contributed by atoms with Crippen molar-refractivity contribution in [2.24, 2.45) is 5.41 Å². The number of nitrogens with zero attached hydrogens (tertiary/aromatic N) is 6. The summed E-state index contributed by atoms with van der Waals surface area (Å²) < 4.78 is 7.83. The van der Waals surface area contributed by atoms with Crippen LogP contribution in [0.2, 0.25) is 0 Å². The van der Waals surface area contributed by atoms with Gasteiger partial charge >= 0.3 is 35.8 Å². The number of aliphatic carboxylic acids is 6. The molecular formula is C46H56N8O14. The molecule has 0 unspecified atom stereocenters. The maximum absolute atomic E-state index is 13.4. The number of amides is 1. The second-order valence-corrected chi connectivity index (χ2v) is 16.0. The largest absolute Gasteiger partial charge is 0.495 e. The molecule has 1 saturated heterocycles. The lowest BCUT2D eigenvalue weighted by Crippen LogP contribution is -2.49. The Kier molecular flexibility index (Phi) is 21.0. The number of carboxylic acids is 6. The second kappa shape index (κ2) is 26.2. The van der Waals surface area contributed by atoms with Gasteiger partial charge in [-0.1, -0.05) is 50.2 Å². The minimum atomic E-state index is -1.26. The predicted octanol–water partition coefficient (Wildman–Crippen LogP) is 4.16. The number of methoxy groups -OCH3 is 1. The van der Waals surface area contributed by atoms with Crippen LogP contribution in [0.15, 0.2) is 91.3 Å². The first kappa shape index (κ1) is 54.4. The summed E-state index contributed by atoms with van der Waals surface area (Å²) in [6.45, 7) is 8.48. The molecule has 68 heavy (non-hydrogen) atoms. The number of rotatable bonds is 14. The van der Waals surface area contributed by atoms with Crippen LogP contribution in [0, 0.1) is 5.41 Å². The van der Waals surface area contributed by atoms with Crippen LogP contribution in [0.5, 0.6) is 5.75 Å². The fourth-order valence-corrected chi connectivity index (χ4v) is 7.15. The van der Waals surface area contributed by atoms with Crippen molar-refractivity contribution in [3.8, 4) is 17.0 Å². The Morgan fingerprint density at radius 1 is 0.721 bits per heavy atom. The number of likely N-dealkylation sites (N-methyl/N-ethyl adjacent to an activating group) is 1. The van der Waals surface area contributed by atoms with E-state index >= 15 is 0 Å². The number of piperazine rings is 1. The van der Waals surface area contributed by atoms with Crippen molar-refractivity contribution in [1.82, 2.24) is 29.5 Å². The van der Waals surface area contributed by atoms with Crippen molar-refractivity contribution < 1.29 is 68.9 Å². The van der Waals surface area contributed by atoms with Crippen LogP contribution in [0.4, 0.5) is 11.5 Å². The van der Waals surface area contributed by atoms with Gasteiger partial charge in [0.05, 0.1) is 24.2 Å². The molecule has 1 aliphatic carbocycles. The van der Waals surface area contributed by atoms with Crippen LogP contribution in [0.25, 0.3) is 22.3 Å². The molecule has 1 aliphatic heterocycles. The molecule has 6 rings (SSSR count). The average molecular weight is 945 g/mol. The van der Waals surface area contributed by atoms with Gasteiger partial charge in [0.25, 0.3) is 0 Å². The van der Waals surface area contributed by atoms with E-state index in [1.54, 1.807) is 7.11 Å². The number of nitrogens with two attached hydrogens (primary N) is 1. The second-order valence-electron chi connectivity index (χ2n) is 16.0. The number of hydrogen-bond donors (Lipinski definition) is 8. The van der Waals surface area contributed by atoms with Crippen LogP contribution < -0.4 is 15.8 Å². The number of carbonyl (C=O) groups is 7. The van der Waals surface area contributed by atoms with E-state index in [1.807, 2.05) is 62.4 Å². The highest BCUT2D eigenvalue weighted by molar-refractivity contribution is 6.00. The van der Waals surface area contributed by atoms with E-state index < -0.39 is 41.2 Å². The number of nitrogen functional groups attached to an aromatic ring is 1. The van der Waals surface area contributed by atoms with Gasteiger partial charge in [-0.3, -0.25) is 9.69 Å². The van der Waals surface area contributed by atoms with Gasteiger partial charge in [0, 0.05) is 79.7 Å². The smallest absolute Gasteiger partial charge is 0.328 e. The zero-order valence-electron chi connectivity index (χ0n) is 37.9. The summed E-state index contributed by atoms with van der Waals surface area (Å²) in [6, 6.07) is 16.7. The van der Waals surface area contributed by atoms with Gasteiger partial charge in [0.1, 0.15) is 23.6 Å². The number of anilines is 2. The molecule has 1 saturated carbocycles. The normalized spacial score (nSPS) is 16.4. The van der Waals surface area contributed by atoms with E-state index in [4.69, 9.17) is 46.2 Å². The topological polar surface area (TPSA) is 338 Å². The molecular weight excluding hydrogens is 889 g/mol. The van der Waals surface area contributed by atoms with Gasteiger partial charge < -0.3 is 51.3 Å². The van der Waals surface area contributed by atoms with Crippen molar-refractivity contribution in [2.75, 3.05) is 51.4 Å². The third kappa shape index (κ3) is 17.8. The molecule has 2 aliphatic rings. The van der Waals surface area contributed by atoms with Gasteiger partial charge in [0.15, 0.2) is 5.65 Å². The molecule has 0 spiro atoms. The highest BCUT2D eigenvalue weighted by Crippen LogP contribution is 2.39. The van der Waals surface area contributed by atoms with Crippen molar-refractivity contribution >= 4 is 64.3 Å². The molecule has 0 atom stereocenters. The maximum atomic E-state index is 13.4. The monoisotopic (exact) mass is 944 g/mol. The Morgan fingerprint density at radius 2 is 1.21 bits per heavy atom. The van der Waals surface area contributed by atoms with Crippen molar-refractivity contribution in [3.63, 3.8) is 0 Å². The first-order valence-corrected chi connectivity index (χ1v) is 21.0. The predicted molar refractivity (Wildman–Crippen MR) is 248 cm³/mol. The lowest BCUT2D eigenvalue weighted by Gasteiger charge is -2.41. The molecule has 3 heterocycles. The molecule has 1 amide bonds. The van der Waals surface area contributed by atoms with Crippen molar-refractivity contribution in [3.05, 3.63) is 96.9 Å². The minimum absolute atomic E-state index is 0.0769. The number of carbonyl (C=O) groups excluding carboxylic acids is 1. The fraction of sp³-hybridized carbons (Fsp3) is 0.348. The molecule has 4 aromatic rings. The fourth-order valence-electron chi connectivity index (χ4n) is 7.15. The molecule has 0 radical (unpaired) electrons. The third-order valence-corrected chi connectivity index (χ3v) is 10.5. The summed E-state index contributed by atoms with van der Waals surface area (Å²) in [4.78, 5) is 84.7. The minimum Gasteiger partial charge on any atom is -0.495 e. The molecule has 2 aromatic heterocycles. The summed E-state index contributed by atoms with van der Waals surface area (Å²) in [6.07, 6.45) is 9.88. The first-order valence-electron chi connectivity index (χ1n) is 21.0. The van der Waals surface area contributed by atoms with Gasteiger partial charge in [-0.05, 0) is 56.8 Å². The summed E-state index contributed by atoms with van der Waals surface area (Å²) in [7, 11) is 3.81. The van der Waals surface area contributed by atoms with E-state index in [-0.39, 0.29) is 11.9 Å². The van der Waals surface area contributed by atoms with Crippen LogP contribution >= 0.6 is 0 Å². The van der Waals surface area contributed by atoms with Crippen LogP contribution in [-0.2, 0) is 40.0 Å². The van der Waals surface area contributed by atoms with E-state index in [2.05, 4.69) is 36.8 Å². The van der Waals surface area contributed by atoms with Crippen LogP contribution in [0.3, 0.4) is 0 Å². The van der Waals surface area contributed by atoms with Crippen LogP contribution in [0.1, 0.15) is 51.1 Å². The summed E-state index contributed by atoms with van der Waals surface area (Å²) in [5, 5.41) is 55.8. The molecule has 2 aromatic carbocycles. The van der Waals surface area contributed by atoms with Gasteiger partial charge in [0.2, 0.25) is 5.91 Å². The lowest BCUT2D eigenvalue weighted by atomic mass is 9.84. The molecule has 2 fully saturated rings. The zero-order valence-corrected chi connectivity index (χ0v) is 37.9. The number of fused-ring (bicyclic) bond motifs is 1. The molecule has 0 bridgehead atoms. The summed E-state index contributed by atoms with van der Waals surface area (Å²) >= 11 is 0. The average Bonchev–Trinajstić information content (AvgIpc) is 3.69. The first-order chi connectivity index (χ1) is 32.1.